The molecule has 0 atom stereocenters. The molecule has 3 aromatic carbocycles. The van der Waals surface area contributed by atoms with Crippen molar-refractivity contribution in [2.75, 3.05) is 16.4 Å². The number of nitrogen functional groups attached to an aromatic ring is 1. The lowest BCUT2D eigenvalue weighted by Crippen LogP contribution is -2.28. The number of nitrogens with two attached hydrogens (primary N) is 1. The van der Waals surface area contributed by atoms with E-state index in [0.717, 1.165) is 58.9 Å². The van der Waals surface area contributed by atoms with Crippen LogP contribution in [0.1, 0.15) is 41.6 Å². The minimum absolute atomic E-state index is 0.199. The second-order valence-electron chi connectivity index (χ2n) is 9.96. The van der Waals surface area contributed by atoms with Gasteiger partial charge in [-0.2, -0.15) is 5.26 Å². The number of carbonyl (C=O) groups excluding carboxylic acids is 1. The Morgan fingerprint density at radius 2 is 1.79 bits per heavy atom. The maximum atomic E-state index is 13.5. The molecule has 0 spiro atoms. The van der Waals surface area contributed by atoms with Crippen molar-refractivity contribution in [1.29, 1.82) is 5.26 Å². The summed E-state index contributed by atoms with van der Waals surface area (Å²) in [5, 5.41) is 28.0. The van der Waals surface area contributed by atoms with Crippen LogP contribution in [0.25, 0.3) is 27.5 Å². The monoisotopic (exact) mass is 516 g/mol. The number of hydrogen-bond acceptors (Lipinski definition) is 6. The molecule has 194 valence electrons. The lowest BCUT2D eigenvalue weighted by atomic mass is 9.93. The van der Waals surface area contributed by atoms with E-state index in [0.29, 0.717) is 22.5 Å². The number of carbonyl (C=O) groups is 1. The van der Waals surface area contributed by atoms with E-state index >= 15 is 0 Å². The minimum Gasteiger partial charge on any atom is -0.396 e. The Bertz CT molecular complexity index is 1740. The molecule has 0 aliphatic heterocycles. The van der Waals surface area contributed by atoms with Crippen molar-refractivity contribution in [2.45, 2.75) is 37.8 Å². The third-order valence-electron chi connectivity index (χ3n) is 7.48. The Morgan fingerprint density at radius 3 is 2.59 bits per heavy atom. The van der Waals surface area contributed by atoms with Crippen LogP contribution in [0, 0.1) is 11.3 Å². The largest absolute Gasteiger partial charge is 0.396 e. The van der Waals surface area contributed by atoms with Crippen LogP contribution in [0.4, 0.5) is 17.1 Å². The number of amides is 1. The Morgan fingerprint density at radius 1 is 1.00 bits per heavy atom. The van der Waals surface area contributed by atoms with E-state index in [1.54, 1.807) is 12.3 Å². The van der Waals surface area contributed by atoms with Crippen LogP contribution in [-0.4, -0.2) is 32.7 Å². The normalized spacial score (nSPS) is 17.1. The van der Waals surface area contributed by atoms with Gasteiger partial charge in [-0.05, 0) is 68.1 Å². The summed E-state index contributed by atoms with van der Waals surface area (Å²) < 4.78 is 2.12. The summed E-state index contributed by atoms with van der Waals surface area (Å²) in [7, 11) is 0. The number of aliphatic hydroxyl groups is 1. The molecule has 0 bridgehead atoms. The Labute approximate surface area is 225 Å². The number of rotatable bonds is 5. The summed E-state index contributed by atoms with van der Waals surface area (Å²) in [4.78, 5) is 17.5. The molecule has 1 aliphatic carbocycles. The summed E-state index contributed by atoms with van der Waals surface area (Å²) in [5.74, 6) is -0.261. The molecule has 1 aliphatic rings. The molecule has 39 heavy (non-hydrogen) atoms. The van der Waals surface area contributed by atoms with Crippen LogP contribution in [0.3, 0.4) is 0 Å². The predicted octanol–water partition coefficient (Wildman–Crippen LogP) is 5.60. The highest BCUT2D eigenvalue weighted by Crippen LogP contribution is 2.36. The van der Waals surface area contributed by atoms with Crippen LogP contribution in [0.2, 0.25) is 0 Å². The molecule has 2 aromatic heterocycles. The molecule has 5 aromatic rings. The third-order valence-corrected chi connectivity index (χ3v) is 7.48. The fourth-order valence-electron chi connectivity index (χ4n) is 5.53. The minimum atomic E-state index is -0.261. The highest BCUT2D eigenvalue weighted by atomic mass is 16.3. The Balaban J connectivity index is 1.47. The van der Waals surface area contributed by atoms with Crippen molar-refractivity contribution < 1.29 is 9.90 Å². The topological polar surface area (TPSA) is 129 Å². The van der Waals surface area contributed by atoms with Crippen molar-refractivity contribution in [3.05, 3.63) is 90.3 Å². The van der Waals surface area contributed by atoms with E-state index in [4.69, 9.17) is 5.73 Å². The van der Waals surface area contributed by atoms with Gasteiger partial charge in [0.15, 0.2) is 0 Å². The highest BCUT2D eigenvalue weighted by molar-refractivity contribution is 6.21. The van der Waals surface area contributed by atoms with E-state index in [2.05, 4.69) is 26.3 Å². The summed E-state index contributed by atoms with van der Waals surface area (Å²) in [6.45, 7) is 0. The van der Waals surface area contributed by atoms with Crippen molar-refractivity contribution in [1.82, 2.24) is 9.55 Å². The van der Waals surface area contributed by atoms with E-state index in [1.165, 1.54) is 6.20 Å². The van der Waals surface area contributed by atoms with Gasteiger partial charge in [0.05, 0.1) is 46.0 Å². The van der Waals surface area contributed by atoms with E-state index in [1.807, 2.05) is 60.7 Å². The summed E-state index contributed by atoms with van der Waals surface area (Å²) in [6.07, 6.45) is 6.06. The van der Waals surface area contributed by atoms with Gasteiger partial charge < -0.3 is 26.0 Å². The number of nitrogens with one attached hydrogen (secondary N) is 2. The van der Waals surface area contributed by atoms with Gasteiger partial charge in [-0.1, -0.05) is 24.3 Å². The number of pyridine rings is 1. The highest BCUT2D eigenvalue weighted by Gasteiger charge is 2.22. The first kappa shape index (κ1) is 24.5. The molecule has 1 saturated carbocycles. The first-order valence-electron chi connectivity index (χ1n) is 13.1. The Hall–Kier alpha value is -4.87. The number of nitriles is 1. The zero-order valence-electron chi connectivity index (χ0n) is 21.3. The number of fused-ring (bicyclic) bond motifs is 3. The quantitative estimate of drug-likeness (QED) is 0.241. The first-order chi connectivity index (χ1) is 19.0. The van der Waals surface area contributed by atoms with Crippen LogP contribution < -0.4 is 16.4 Å². The average molecular weight is 517 g/mol. The van der Waals surface area contributed by atoms with Gasteiger partial charge in [0.2, 0.25) is 0 Å². The molecule has 8 heteroatoms. The number of para-hydroxylation sites is 1. The third kappa shape index (κ3) is 4.54. The molecule has 8 nitrogen and oxygen atoms in total. The lowest BCUT2D eigenvalue weighted by molar-refractivity contribution is 0.102. The molecule has 5 N–H and O–H groups in total. The van der Waals surface area contributed by atoms with E-state index in [-0.39, 0.29) is 18.1 Å². The number of aliphatic hydroxyl groups excluding tert-OH is 1. The van der Waals surface area contributed by atoms with Gasteiger partial charge in [0, 0.05) is 34.3 Å². The van der Waals surface area contributed by atoms with Crippen LogP contribution in [0.15, 0.2) is 79.1 Å². The number of hydrogen-bond donors (Lipinski definition) is 4. The van der Waals surface area contributed by atoms with Gasteiger partial charge in [0.25, 0.3) is 5.91 Å². The number of aromatic nitrogens is 2. The molecular weight excluding hydrogens is 488 g/mol. The van der Waals surface area contributed by atoms with Gasteiger partial charge in [-0.15, -0.1) is 0 Å². The smallest absolute Gasteiger partial charge is 0.256 e. The van der Waals surface area contributed by atoms with Crippen molar-refractivity contribution in [3.8, 4) is 11.8 Å². The number of nitrogens with zero attached hydrogens (tertiary/aromatic N) is 3. The fourth-order valence-corrected chi connectivity index (χ4v) is 5.53. The second kappa shape index (κ2) is 10.1. The molecule has 0 saturated heterocycles. The summed E-state index contributed by atoms with van der Waals surface area (Å²) >= 11 is 0. The number of benzene rings is 3. The van der Waals surface area contributed by atoms with Gasteiger partial charge in [-0.3, -0.25) is 9.78 Å². The van der Waals surface area contributed by atoms with E-state index in [9.17, 15) is 15.2 Å². The number of anilines is 3. The average Bonchev–Trinajstić information content (AvgIpc) is 3.30. The molecule has 2 heterocycles. The lowest BCUT2D eigenvalue weighted by Gasteiger charge is -2.27. The van der Waals surface area contributed by atoms with Gasteiger partial charge >= 0.3 is 0 Å². The zero-order valence-corrected chi connectivity index (χ0v) is 21.3. The fraction of sp³-hybridized carbons (Fsp3) is 0.194. The molecular formula is C31H28N6O2. The van der Waals surface area contributed by atoms with Crippen LogP contribution >= 0.6 is 0 Å². The maximum Gasteiger partial charge on any atom is 0.256 e. The Kier molecular flexibility index (Phi) is 6.35. The SMILES string of the molecule is N#Cc1ccc(-n2c3ccccc3c3c(C(=O)Nc4ccncc4N)cccc32)cc1N[C@H]1CC[C@H](O)CC1. The molecule has 0 unspecified atom stereocenters. The van der Waals surface area contributed by atoms with Crippen LogP contribution in [0.5, 0.6) is 0 Å². The summed E-state index contributed by atoms with van der Waals surface area (Å²) in [5.41, 5.74) is 11.5. The van der Waals surface area contributed by atoms with Gasteiger partial charge in [-0.25, -0.2) is 0 Å². The molecule has 6 rings (SSSR count). The van der Waals surface area contributed by atoms with Crippen molar-refractivity contribution in [3.63, 3.8) is 0 Å². The molecule has 1 fully saturated rings. The second-order valence-corrected chi connectivity index (χ2v) is 9.96. The maximum absolute atomic E-state index is 13.5. The summed E-state index contributed by atoms with van der Waals surface area (Å²) in [6, 6.07) is 23.6. The zero-order chi connectivity index (χ0) is 26.9. The molecule has 1 amide bonds. The first-order valence-corrected chi connectivity index (χ1v) is 13.1. The predicted molar refractivity (Wildman–Crippen MR) is 154 cm³/mol. The van der Waals surface area contributed by atoms with Crippen LogP contribution in [-0.2, 0) is 0 Å². The van der Waals surface area contributed by atoms with Crippen molar-refractivity contribution in [2.24, 2.45) is 0 Å². The van der Waals surface area contributed by atoms with Gasteiger partial charge in [0.1, 0.15) is 6.07 Å². The molecule has 0 radical (unpaired) electrons. The van der Waals surface area contributed by atoms with E-state index < -0.39 is 0 Å². The standard InChI is InChI=1S/C31H28N6O2/c32-17-19-8-11-21(16-27(19)35-20-9-12-22(38)13-10-20)37-28-6-2-1-4-23(28)30-24(5-3-7-29(30)37)31(39)36-26-14-15-34-18-25(26)33/h1-8,11,14-16,18,20,22,35,38H,9-10,12-13,33H2,(H,34,36,39)/t20-,22-. The van der Waals surface area contributed by atoms with Crippen molar-refractivity contribution >= 4 is 44.8 Å².